The molecule has 1 saturated heterocycles. The van der Waals surface area contributed by atoms with Crippen LogP contribution in [0.3, 0.4) is 0 Å². The van der Waals surface area contributed by atoms with Crippen LogP contribution in [0.4, 0.5) is 0 Å². The van der Waals surface area contributed by atoms with Crippen LogP contribution in [0.15, 0.2) is 28.0 Å². The number of hydrogen-bond acceptors (Lipinski definition) is 4. The monoisotopic (exact) mass is 340 g/mol. The first kappa shape index (κ1) is 15.3. The van der Waals surface area contributed by atoms with Crippen LogP contribution in [-0.4, -0.2) is 50.3 Å². The van der Waals surface area contributed by atoms with Crippen molar-refractivity contribution in [2.45, 2.75) is 4.21 Å². The lowest BCUT2D eigenvalue weighted by Gasteiger charge is -2.33. The Kier molecular flexibility index (Phi) is 4.92. The fourth-order valence-electron chi connectivity index (χ4n) is 1.93. The molecule has 0 aromatic carbocycles. The van der Waals surface area contributed by atoms with Crippen molar-refractivity contribution in [3.8, 4) is 0 Å². The molecule has 4 nitrogen and oxygen atoms in total. The Morgan fingerprint density at radius 2 is 1.95 bits per heavy atom. The third-order valence-corrected chi connectivity index (χ3v) is 6.59. The van der Waals surface area contributed by atoms with Gasteiger partial charge in [-0.25, -0.2) is 8.42 Å². The molecule has 0 atom stereocenters. The molecular weight excluding hydrogens is 327 g/mol. The van der Waals surface area contributed by atoms with E-state index in [2.05, 4.69) is 11.5 Å². The van der Waals surface area contributed by atoms with Crippen molar-refractivity contribution < 1.29 is 8.42 Å². The minimum Gasteiger partial charge on any atom is -0.296 e. The summed E-state index contributed by atoms with van der Waals surface area (Å²) >= 11 is 12.6. The van der Waals surface area contributed by atoms with E-state index in [0.29, 0.717) is 46.3 Å². The average Bonchev–Trinajstić information content (AvgIpc) is 2.76. The van der Waals surface area contributed by atoms with Gasteiger partial charge in [0.1, 0.15) is 4.21 Å². The zero-order valence-electron chi connectivity index (χ0n) is 10.2. The molecule has 106 valence electrons. The highest BCUT2D eigenvalue weighted by molar-refractivity contribution is 7.91. The fraction of sp³-hybridized carbons (Fsp3) is 0.455. The summed E-state index contributed by atoms with van der Waals surface area (Å²) < 4.78 is 27.0. The molecule has 8 heteroatoms. The zero-order chi connectivity index (χ0) is 14.0. The van der Waals surface area contributed by atoms with Crippen LogP contribution in [0.5, 0.6) is 0 Å². The molecule has 2 rings (SSSR count). The summed E-state index contributed by atoms with van der Waals surface area (Å²) in [7, 11) is -3.41. The first-order chi connectivity index (χ1) is 8.89. The van der Waals surface area contributed by atoms with E-state index in [1.807, 2.05) is 0 Å². The largest absolute Gasteiger partial charge is 0.296 e. The van der Waals surface area contributed by atoms with Gasteiger partial charge in [-0.3, -0.25) is 4.90 Å². The Hall–Kier alpha value is -0.110. The number of nitrogens with zero attached hydrogens (tertiary/aromatic N) is 2. The number of rotatable bonds is 4. The summed E-state index contributed by atoms with van der Waals surface area (Å²) in [6, 6.07) is 3.15. The fourth-order valence-corrected chi connectivity index (χ4v) is 5.16. The normalized spacial score (nSPS) is 18.6. The van der Waals surface area contributed by atoms with Crippen molar-refractivity contribution in [2.75, 3.05) is 32.7 Å². The Balaban J connectivity index is 2.03. The minimum absolute atomic E-state index is 0.299. The number of thiophene rings is 1. The van der Waals surface area contributed by atoms with E-state index < -0.39 is 10.0 Å². The molecule has 19 heavy (non-hydrogen) atoms. The van der Waals surface area contributed by atoms with Crippen LogP contribution < -0.4 is 0 Å². The van der Waals surface area contributed by atoms with Crippen LogP contribution in [0, 0.1) is 0 Å². The lowest BCUT2D eigenvalue weighted by Crippen LogP contribution is -2.48. The van der Waals surface area contributed by atoms with Gasteiger partial charge < -0.3 is 0 Å². The summed E-state index contributed by atoms with van der Waals surface area (Å²) in [5.41, 5.74) is 0. The molecule has 1 aromatic rings. The van der Waals surface area contributed by atoms with Gasteiger partial charge in [0, 0.05) is 37.8 Å². The summed E-state index contributed by atoms with van der Waals surface area (Å²) in [6.07, 6.45) is 0. The van der Waals surface area contributed by atoms with Crippen LogP contribution in [0.2, 0.25) is 4.34 Å². The van der Waals surface area contributed by atoms with E-state index >= 15 is 0 Å². The Bertz CT molecular complexity index is 563. The molecule has 1 fully saturated rings. The summed E-state index contributed by atoms with van der Waals surface area (Å²) in [5, 5.41) is 0.571. The predicted octanol–water partition coefficient (Wildman–Crippen LogP) is 2.46. The van der Waals surface area contributed by atoms with Crippen molar-refractivity contribution in [2.24, 2.45) is 0 Å². The van der Waals surface area contributed by atoms with E-state index in [1.54, 1.807) is 12.1 Å². The van der Waals surface area contributed by atoms with Gasteiger partial charge >= 0.3 is 0 Å². The molecule has 1 aliphatic heterocycles. The standard InChI is InChI=1S/C11H14Cl2N2O2S2/c1-9(12)8-14-4-6-15(7-5-14)19(16,17)11-3-2-10(13)18-11/h2-3H,1,4-8H2. The maximum Gasteiger partial charge on any atom is 0.252 e. The molecule has 2 heterocycles. The Labute approximate surface area is 127 Å². The maximum absolute atomic E-state index is 12.3. The van der Waals surface area contributed by atoms with Crippen molar-refractivity contribution >= 4 is 44.6 Å². The Morgan fingerprint density at radius 1 is 1.32 bits per heavy atom. The van der Waals surface area contributed by atoms with Crippen LogP contribution >= 0.6 is 34.5 Å². The number of piperazine rings is 1. The van der Waals surface area contributed by atoms with Gasteiger partial charge in [0.15, 0.2) is 0 Å². The molecular formula is C11H14Cl2N2O2S2. The third kappa shape index (κ3) is 3.71. The van der Waals surface area contributed by atoms with Crippen molar-refractivity contribution in [3.05, 3.63) is 28.1 Å². The van der Waals surface area contributed by atoms with E-state index in [9.17, 15) is 8.42 Å². The maximum atomic E-state index is 12.3. The minimum atomic E-state index is -3.41. The molecule has 0 amide bonds. The first-order valence-electron chi connectivity index (χ1n) is 5.71. The second kappa shape index (κ2) is 6.11. The predicted molar refractivity (Wildman–Crippen MR) is 79.5 cm³/mol. The van der Waals surface area contributed by atoms with Crippen LogP contribution in [0.25, 0.3) is 0 Å². The number of sulfonamides is 1. The molecule has 1 aliphatic rings. The molecule has 0 unspecified atom stereocenters. The highest BCUT2D eigenvalue weighted by atomic mass is 35.5. The van der Waals surface area contributed by atoms with E-state index in [1.165, 1.54) is 4.31 Å². The molecule has 1 aromatic heterocycles. The van der Waals surface area contributed by atoms with Gasteiger partial charge in [0.05, 0.1) is 4.34 Å². The lowest BCUT2D eigenvalue weighted by molar-refractivity contribution is 0.203. The topological polar surface area (TPSA) is 40.6 Å². The average molecular weight is 341 g/mol. The summed E-state index contributed by atoms with van der Waals surface area (Å²) in [5.74, 6) is 0. The van der Waals surface area contributed by atoms with Gasteiger partial charge in [0.25, 0.3) is 10.0 Å². The molecule has 0 radical (unpaired) electrons. The van der Waals surface area contributed by atoms with Crippen molar-refractivity contribution in [3.63, 3.8) is 0 Å². The van der Waals surface area contributed by atoms with Crippen molar-refractivity contribution in [1.29, 1.82) is 0 Å². The highest BCUT2D eigenvalue weighted by Gasteiger charge is 2.29. The molecule has 0 aliphatic carbocycles. The number of hydrogen-bond donors (Lipinski definition) is 0. The van der Waals surface area contributed by atoms with Gasteiger partial charge in [-0.2, -0.15) is 4.31 Å². The molecule has 0 saturated carbocycles. The van der Waals surface area contributed by atoms with E-state index in [4.69, 9.17) is 23.2 Å². The highest BCUT2D eigenvalue weighted by Crippen LogP contribution is 2.28. The van der Waals surface area contributed by atoms with Gasteiger partial charge in [-0.1, -0.05) is 29.8 Å². The van der Waals surface area contributed by atoms with Gasteiger partial charge in [-0.15, -0.1) is 11.3 Å². The molecule has 0 spiro atoms. The van der Waals surface area contributed by atoms with Gasteiger partial charge in [-0.05, 0) is 12.1 Å². The quantitative estimate of drug-likeness (QED) is 0.845. The van der Waals surface area contributed by atoms with E-state index in [-0.39, 0.29) is 0 Å². The van der Waals surface area contributed by atoms with Crippen molar-refractivity contribution in [1.82, 2.24) is 9.21 Å². The van der Waals surface area contributed by atoms with Crippen LogP contribution in [-0.2, 0) is 10.0 Å². The zero-order valence-corrected chi connectivity index (χ0v) is 13.3. The SMILES string of the molecule is C=C(Cl)CN1CCN(S(=O)(=O)c2ccc(Cl)s2)CC1. The van der Waals surface area contributed by atoms with E-state index in [0.717, 1.165) is 11.3 Å². The smallest absolute Gasteiger partial charge is 0.252 e. The lowest BCUT2D eigenvalue weighted by atomic mass is 10.3. The molecule has 0 bridgehead atoms. The third-order valence-electron chi connectivity index (χ3n) is 2.87. The second-order valence-electron chi connectivity index (χ2n) is 4.26. The Morgan fingerprint density at radius 3 is 2.42 bits per heavy atom. The van der Waals surface area contributed by atoms with Gasteiger partial charge in [0.2, 0.25) is 0 Å². The molecule has 0 N–H and O–H groups in total. The van der Waals surface area contributed by atoms with Crippen LogP contribution in [0.1, 0.15) is 0 Å². The second-order valence-corrected chi connectivity index (χ2v) is 8.67. The summed E-state index contributed by atoms with van der Waals surface area (Å²) in [6.45, 7) is 6.48. The first-order valence-corrected chi connectivity index (χ1v) is 8.72. The number of halogens is 2. The summed E-state index contributed by atoms with van der Waals surface area (Å²) in [4.78, 5) is 2.09.